The second-order valence-electron chi connectivity index (χ2n) is 5.53. The number of aromatic nitrogens is 3. The Hall–Kier alpha value is -1.91. The lowest BCUT2D eigenvalue weighted by atomic mass is 9.93. The molecule has 0 saturated carbocycles. The van der Waals surface area contributed by atoms with E-state index in [1.54, 1.807) is 11.0 Å². The zero-order chi connectivity index (χ0) is 12.8. The number of H-pyrrole nitrogens is 1. The van der Waals surface area contributed by atoms with Crippen LogP contribution in [0.5, 0.6) is 0 Å². The molecule has 93 valence electrons. The van der Waals surface area contributed by atoms with Crippen LogP contribution in [-0.2, 0) is 0 Å². The van der Waals surface area contributed by atoms with Gasteiger partial charge in [-0.2, -0.15) is 0 Å². The lowest BCUT2D eigenvalue weighted by Gasteiger charge is -2.19. The fraction of sp³-hybridized carbons (Fsp3) is 0.385. The van der Waals surface area contributed by atoms with E-state index < -0.39 is 0 Å². The lowest BCUT2D eigenvalue weighted by Crippen LogP contribution is -2.28. The Balaban J connectivity index is 1.88. The molecule has 0 unspecified atom stereocenters. The molecule has 1 fully saturated rings. The summed E-state index contributed by atoms with van der Waals surface area (Å²) < 4.78 is 0. The first-order valence-corrected chi connectivity index (χ1v) is 6.00. The summed E-state index contributed by atoms with van der Waals surface area (Å²) in [7, 11) is 0. The number of nitrogens with zero attached hydrogens (tertiary/aromatic N) is 3. The molecule has 1 aliphatic heterocycles. The van der Waals surface area contributed by atoms with Gasteiger partial charge in [0, 0.05) is 12.1 Å². The van der Waals surface area contributed by atoms with Crippen molar-refractivity contribution >= 4 is 16.9 Å². The number of rotatable bonds is 1. The third-order valence-corrected chi connectivity index (χ3v) is 3.30. The topological polar surface area (TPSA) is 61.9 Å². The van der Waals surface area contributed by atoms with Crippen LogP contribution in [0.2, 0.25) is 0 Å². The monoisotopic (exact) mass is 243 g/mol. The molecule has 1 N–H and O–H groups in total. The molecule has 1 saturated heterocycles. The highest BCUT2D eigenvalue weighted by Crippen LogP contribution is 2.32. The number of carbonyl (C=O) groups excluding carboxylic acids is 1. The molecule has 1 radical (unpaired) electrons. The Morgan fingerprint density at radius 2 is 2.28 bits per heavy atom. The van der Waals surface area contributed by atoms with Gasteiger partial charge in [0.1, 0.15) is 5.52 Å². The average Bonchev–Trinajstić information content (AvgIpc) is 2.93. The normalized spacial score (nSPS) is 18.4. The zero-order valence-electron chi connectivity index (χ0n) is 10.5. The molecule has 3 rings (SSSR count). The summed E-state index contributed by atoms with van der Waals surface area (Å²) in [5, 5.41) is 10.4. The first-order chi connectivity index (χ1) is 8.55. The van der Waals surface area contributed by atoms with E-state index in [1.165, 1.54) is 0 Å². The minimum absolute atomic E-state index is 0.0328. The maximum atomic E-state index is 12.3. The number of carbonyl (C=O) groups is 1. The summed E-state index contributed by atoms with van der Waals surface area (Å²) in [4.78, 5) is 14.1. The molecule has 0 bridgehead atoms. The van der Waals surface area contributed by atoms with Gasteiger partial charge in [-0.25, -0.2) is 0 Å². The van der Waals surface area contributed by atoms with E-state index in [0.717, 1.165) is 24.0 Å². The van der Waals surface area contributed by atoms with Crippen molar-refractivity contribution in [2.24, 2.45) is 5.41 Å². The highest BCUT2D eigenvalue weighted by molar-refractivity contribution is 5.97. The number of hydrogen-bond acceptors (Lipinski definition) is 3. The van der Waals surface area contributed by atoms with Crippen molar-refractivity contribution in [3.63, 3.8) is 0 Å². The molecule has 1 aliphatic rings. The molecule has 2 heterocycles. The Labute approximate surface area is 105 Å². The predicted octanol–water partition coefficient (Wildman–Crippen LogP) is 1.99. The maximum absolute atomic E-state index is 12.3. The van der Waals surface area contributed by atoms with E-state index >= 15 is 0 Å². The minimum Gasteiger partial charge on any atom is -0.333 e. The highest BCUT2D eigenvalue weighted by Gasteiger charge is 2.32. The van der Waals surface area contributed by atoms with Gasteiger partial charge in [0.15, 0.2) is 0 Å². The quantitative estimate of drug-likeness (QED) is 0.833. The smallest absolute Gasteiger partial charge is 0.254 e. The predicted molar refractivity (Wildman–Crippen MR) is 67.6 cm³/mol. The number of amides is 1. The van der Waals surface area contributed by atoms with Crippen molar-refractivity contribution in [3.8, 4) is 0 Å². The number of likely N-dealkylation sites (tertiary alicyclic amines) is 1. The minimum atomic E-state index is 0.0328. The molecule has 0 aliphatic carbocycles. The molecule has 1 aromatic carbocycles. The lowest BCUT2D eigenvalue weighted by molar-refractivity contribution is 0.0804. The van der Waals surface area contributed by atoms with Gasteiger partial charge >= 0.3 is 0 Å². The van der Waals surface area contributed by atoms with E-state index in [2.05, 4.69) is 29.3 Å². The van der Waals surface area contributed by atoms with Crippen LogP contribution in [0.25, 0.3) is 11.0 Å². The maximum Gasteiger partial charge on any atom is 0.254 e. The Kier molecular flexibility index (Phi) is 2.36. The number of nitrogens with one attached hydrogen (secondary N) is 1. The van der Waals surface area contributed by atoms with E-state index in [1.807, 2.05) is 18.7 Å². The summed E-state index contributed by atoms with van der Waals surface area (Å²) in [6.07, 6.45) is 0.935. The van der Waals surface area contributed by atoms with Gasteiger partial charge in [0.25, 0.3) is 5.91 Å². The van der Waals surface area contributed by atoms with Crippen molar-refractivity contribution < 1.29 is 4.79 Å². The van der Waals surface area contributed by atoms with E-state index in [9.17, 15) is 4.79 Å². The van der Waals surface area contributed by atoms with Crippen LogP contribution in [0.15, 0.2) is 18.2 Å². The first kappa shape index (κ1) is 11.2. The summed E-state index contributed by atoms with van der Waals surface area (Å²) in [6.45, 7) is 7.08. The molecule has 0 spiro atoms. The molecular weight excluding hydrogens is 228 g/mol. The summed E-state index contributed by atoms with van der Waals surface area (Å²) in [6, 6.07) is 5.42. The second kappa shape index (κ2) is 3.80. The zero-order valence-corrected chi connectivity index (χ0v) is 10.5. The van der Waals surface area contributed by atoms with Crippen LogP contribution in [0.4, 0.5) is 0 Å². The Morgan fingerprint density at radius 3 is 3.00 bits per heavy atom. The largest absolute Gasteiger partial charge is 0.333 e. The number of fused-ring (bicyclic) bond motifs is 1. The van der Waals surface area contributed by atoms with E-state index in [0.29, 0.717) is 5.56 Å². The number of aromatic amines is 1. The summed E-state index contributed by atoms with van der Waals surface area (Å²) in [5.41, 5.74) is 2.40. The van der Waals surface area contributed by atoms with Crippen molar-refractivity contribution in [1.82, 2.24) is 20.3 Å². The van der Waals surface area contributed by atoms with Crippen molar-refractivity contribution in [3.05, 3.63) is 30.3 Å². The van der Waals surface area contributed by atoms with Gasteiger partial charge < -0.3 is 4.90 Å². The van der Waals surface area contributed by atoms with Gasteiger partial charge in [0.05, 0.1) is 12.1 Å². The summed E-state index contributed by atoms with van der Waals surface area (Å²) >= 11 is 0. The fourth-order valence-corrected chi connectivity index (χ4v) is 2.24. The third-order valence-electron chi connectivity index (χ3n) is 3.30. The molecule has 5 nitrogen and oxygen atoms in total. The standard InChI is InChI=1S/C13H15N4O/c1-13(2)5-6-17(8-13)12(18)9-3-4-10-11(7-9)15-16-14-10/h3-4,6-7H,5,8H2,1-2H3,(H,14,15,16). The summed E-state index contributed by atoms with van der Waals surface area (Å²) in [5.74, 6) is 0.0328. The molecule has 5 heteroatoms. The van der Waals surface area contributed by atoms with Crippen LogP contribution < -0.4 is 0 Å². The molecule has 18 heavy (non-hydrogen) atoms. The van der Waals surface area contributed by atoms with Crippen molar-refractivity contribution in [2.75, 3.05) is 6.54 Å². The van der Waals surface area contributed by atoms with Gasteiger partial charge in [-0.1, -0.05) is 19.1 Å². The van der Waals surface area contributed by atoms with Gasteiger partial charge in [-0.05, 0) is 30.0 Å². The van der Waals surface area contributed by atoms with E-state index in [-0.39, 0.29) is 11.3 Å². The Bertz CT molecular complexity index is 602. The van der Waals surface area contributed by atoms with E-state index in [4.69, 9.17) is 0 Å². The second-order valence-corrected chi connectivity index (χ2v) is 5.53. The molecule has 1 amide bonds. The fourth-order valence-electron chi connectivity index (χ4n) is 2.24. The van der Waals surface area contributed by atoms with Crippen molar-refractivity contribution in [1.29, 1.82) is 0 Å². The Morgan fingerprint density at radius 1 is 1.44 bits per heavy atom. The van der Waals surface area contributed by atoms with Crippen LogP contribution in [0.1, 0.15) is 30.6 Å². The molecule has 2 aromatic rings. The molecule has 0 atom stereocenters. The number of benzene rings is 1. The SMILES string of the molecule is CC1(C)C[CH]N(C(=O)c2ccc3[nH]nnc3c2)C1. The van der Waals surface area contributed by atoms with Gasteiger partial charge in [0.2, 0.25) is 0 Å². The number of hydrogen-bond donors (Lipinski definition) is 1. The molecular formula is C13H15N4O. The molecule has 1 aromatic heterocycles. The first-order valence-electron chi connectivity index (χ1n) is 6.00. The van der Waals surface area contributed by atoms with Crippen LogP contribution in [0.3, 0.4) is 0 Å². The van der Waals surface area contributed by atoms with Crippen LogP contribution in [-0.4, -0.2) is 32.8 Å². The van der Waals surface area contributed by atoms with Crippen molar-refractivity contribution in [2.45, 2.75) is 20.3 Å². The average molecular weight is 243 g/mol. The van der Waals surface area contributed by atoms with Gasteiger partial charge in [-0.15, -0.1) is 5.10 Å². The van der Waals surface area contributed by atoms with Crippen LogP contribution in [0, 0.1) is 12.0 Å². The third kappa shape index (κ3) is 1.85. The highest BCUT2D eigenvalue weighted by atomic mass is 16.2. The van der Waals surface area contributed by atoms with Gasteiger partial charge in [-0.3, -0.25) is 9.89 Å². The van der Waals surface area contributed by atoms with Crippen LogP contribution >= 0.6 is 0 Å².